The van der Waals surface area contributed by atoms with E-state index in [4.69, 9.17) is 4.74 Å². The number of ether oxygens (including phenoxy) is 1. The van der Waals surface area contributed by atoms with Gasteiger partial charge in [0.15, 0.2) is 0 Å². The third-order valence-corrected chi connectivity index (χ3v) is 3.95. The Labute approximate surface area is 113 Å². The van der Waals surface area contributed by atoms with Crippen molar-refractivity contribution in [3.8, 4) is 0 Å². The molecule has 0 aromatic heterocycles. The number of halogens is 2. The van der Waals surface area contributed by atoms with Crippen LogP contribution in [-0.2, 0) is 4.74 Å². The molecule has 1 aromatic rings. The van der Waals surface area contributed by atoms with E-state index in [9.17, 15) is 0 Å². The molecule has 1 aliphatic heterocycles. The maximum absolute atomic E-state index is 5.76. The number of nitrogens with one attached hydrogen (secondary N) is 1. The molecule has 2 rings (SSSR count). The minimum atomic E-state index is 0.348. The van der Waals surface area contributed by atoms with E-state index in [1.807, 2.05) is 12.1 Å². The highest BCUT2D eigenvalue weighted by atomic mass is 79.9. The zero-order chi connectivity index (χ0) is 11.5. The van der Waals surface area contributed by atoms with Crippen LogP contribution in [0.5, 0.6) is 0 Å². The molecule has 0 saturated carbocycles. The molecule has 0 radical (unpaired) electrons. The summed E-state index contributed by atoms with van der Waals surface area (Å²) in [7, 11) is 0. The third kappa shape index (κ3) is 3.22. The average molecular weight is 349 g/mol. The summed E-state index contributed by atoms with van der Waals surface area (Å²) in [6.45, 7) is 3.01. The molecule has 0 spiro atoms. The molecule has 16 heavy (non-hydrogen) atoms. The van der Waals surface area contributed by atoms with Crippen LogP contribution in [0.3, 0.4) is 0 Å². The van der Waals surface area contributed by atoms with E-state index in [-0.39, 0.29) is 0 Å². The molecule has 0 aliphatic carbocycles. The lowest BCUT2D eigenvalue weighted by Gasteiger charge is -2.14. The fourth-order valence-electron chi connectivity index (χ4n) is 1.89. The summed E-state index contributed by atoms with van der Waals surface area (Å²) in [5.41, 5.74) is 1.11. The van der Waals surface area contributed by atoms with E-state index in [1.165, 1.54) is 6.42 Å². The van der Waals surface area contributed by atoms with Crippen LogP contribution in [0.15, 0.2) is 27.1 Å². The van der Waals surface area contributed by atoms with Crippen molar-refractivity contribution in [1.29, 1.82) is 0 Å². The second-order valence-electron chi connectivity index (χ2n) is 4.15. The van der Waals surface area contributed by atoms with Gasteiger partial charge in [0.25, 0.3) is 0 Å². The van der Waals surface area contributed by atoms with Gasteiger partial charge in [0.05, 0.1) is 12.2 Å². The normalized spacial score (nSPS) is 24.7. The van der Waals surface area contributed by atoms with Crippen molar-refractivity contribution in [2.45, 2.75) is 32.0 Å². The molecule has 88 valence electrons. The highest BCUT2D eigenvalue weighted by Gasteiger charge is 2.21. The first-order valence-corrected chi connectivity index (χ1v) is 7.08. The molecule has 2 unspecified atom stereocenters. The number of hydrogen-bond acceptors (Lipinski definition) is 2. The summed E-state index contributed by atoms with van der Waals surface area (Å²) in [6.07, 6.45) is 3.09. The van der Waals surface area contributed by atoms with Crippen molar-refractivity contribution in [3.05, 3.63) is 27.1 Å². The predicted molar refractivity (Wildman–Crippen MR) is 73.9 cm³/mol. The van der Waals surface area contributed by atoms with E-state index in [2.05, 4.69) is 50.2 Å². The molecule has 1 N–H and O–H groups in total. The summed E-state index contributed by atoms with van der Waals surface area (Å²) in [6, 6.07) is 6.12. The standard InChI is InChI=1S/C12H15Br2NO/c1-8-2-4-10(16-8)7-15-12-6-9(13)3-5-11(12)14/h3,5-6,8,10,15H,2,4,7H2,1H3. The van der Waals surface area contributed by atoms with Gasteiger partial charge in [0, 0.05) is 21.2 Å². The SMILES string of the molecule is CC1CCC(CNc2cc(Br)ccc2Br)O1. The smallest absolute Gasteiger partial charge is 0.0751 e. The van der Waals surface area contributed by atoms with E-state index in [0.29, 0.717) is 12.2 Å². The van der Waals surface area contributed by atoms with Crippen LogP contribution >= 0.6 is 31.9 Å². The third-order valence-electron chi connectivity index (χ3n) is 2.77. The minimum Gasteiger partial charge on any atom is -0.381 e. The van der Waals surface area contributed by atoms with Gasteiger partial charge in [0.1, 0.15) is 0 Å². The lowest BCUT2D eigenvalue weighted by atomic mass is 10.2. The molecular weight excluding hydrogens is 334 g/mol. The average Bonchev–Trinajstić information content (AvgIpc) is 2.66. The Balaban J connectivity index is 1.91. The van der Waals surface area contributed by atoms with Crippen molar-refractivity contribution < 1.29 is 4.74 Å². The lowest BCUT2D eigenvalue weighted by molar-refractivity contribution is 0.0637. The number of rotatable bonds is 3. The highest BCUT2D eigenvalue weighted by molar-refractivity contribution is 9.11. The van der Waals surface area contributed by atoms with E-state index < -0.39 is 0 Å². The van der Waals surface area contributed by atoms with Crippen molar-refractivity contribution in [1.82, 2.24) is 0 Å². The van der Waals surface area contributed by atoms with Crippen molar-refractivity contribution in [2.75, 3.05) is 11.9 Å². The van der Waals surface area contributed by atoms with Crippen molar-refractivity contribution >= 4 is 37.5 Å². The van der Waals surface area contributed by atoms with Crippen LogP contribution < -0.4 is 5.32 Å². The first-order valence-electron chi connectivity index (χ1n) is 5.49. The van der Waals surface area contributed by atoms with Crippen LogP contribution in [0.4, 0.5) is 5.69 Å². The Hall–Kier alpha value is -0.0600. The van der Waals surface area contributed by atoms with Crippen LogP contribution in [0.2, 0.25) is 0 Å². The molecule has 0 bridgehead atoms. The van der Waals surface area contributed by atoms with E-state index >= 15 is 0 Å². The number of anilines is 1. The van der Waals surface area contributed by atoms with Gasteiger partial charge in [-0.15, -0.1) is 0 Å². The topological polar surface area (TPSA) is 21.3 Å². The monoisotopic (exact) mass is 347 g/mol. The van der Waals surface area contributed by atoms with Gasteiger partial charge < -0.3 is 10.1 Å². The fraction of sp³-hybridized carbons (Fsp3) is 0.500. The fourth-order valence-corrected chi connectivity index (χ4v) is 2.64. The summed E-state index contributed by atoms with van der Waals surface area (Å²) in [5, 5.41) is 3.41. The van der Waals surface area contributed by atoms with Crippen LogP contribution in [-0.4, -0.2) is 18.8 Å². The highest BCUT2D eigenvalue weighted by Crippen LogP contribution is 2.27. The molecule has 1 heterocycles. The quantitative estimate of drug-likeness (QED) is 0.884. The van der Waals surface area contributed by atoms with Gasteiger partial charge in [-0.25, -0.2) is 0 Å². The summed E-state index contributed by atoms with van der Waals surface area (Å²) < 4.78 is 7.93. The number of hydrogen-bond donors (Lipinski definition) is 1. The molecule has 1 fully saturated rings. The minimum absolute atomic E-state index is 0.348. The first-order chi connectivity index (χ1) is 7.65. The van der Waals surface area contributed by atoms with Crippen molar-refractivity contribution in [2.24, 2.45) is 0 Å². The molecule has 4 heteroatoms. The van der Waals surface area contributed by atoms with Gasteiger partial charge in [-0.1, -0.05) is 15.9 Å². The van der Waals surface area contributed by atoms with Gasteiger partial charge in [-0.3, -0.25) is 0 Å². The maximum atomic E-state index is 5.76. The van der Waals surface area contributed by atoms with Gasteiger partial charge in [-0.2, -0.15) is 0 Å². The lowest BCUT2D eigenvalue weighted by Crippen LogP contribution is -2.19. The first kappa shape index (κ1) is 12.4. The molecule has 0 amide bonds. The Morgan fingerprint density at radius 2 is 2.19 bits per heavy atom. The zero-order valence-corrected chi connectivity index (χ0v) is 12.3. The Morgan fingerprint density at radius 3 is 2.88 bits per heavy atom. The molecular formula is C12H15Br2NO. The maximum Gasteiger partial charge on any atom is 0.0751 e. The summed E-state index contributed by atoms with van der Waals surface area (Å²) in [5.74, 6) is 0. The predicted octanol–water partition coefficient (Wildman–Crippen LogP) is 4.19. The summed E-state index contributed by atoms with van der Waals surface area (Å²) >= 11 is 7.00. The van der Waals surface area contributed by atoms with E-state index in [1.54, 1.807) is 0 Å². The second-order valence-corrected chi connectivity index (χ2v) is 5.92. The molecule has 2 atom stereocenters. The molecule has 2 nitrogen and oxygen atoms in total. The van der Waals surface area contributed by atoms with Gasteiger partial charge >= 0.3 is 0 Å². The molecule has 1 saturated heterocycles. The Morgan fingerprint density at radius 1 is 1.38 bits per heavy atom. The largest absolute Gasteiger partial charge is 0.381 e. The Bertz CT molecular complexity index is 370. The van der Waals surface area contributed by atoms with Crippen LogP contribution in [0, 0.1) is 0 Å². The zero-order valence-electron chi connectivity index (χ0n) is 9.17. The second kappa shape index (κ2) is 5.52. The molecule has 1 aromatic carbocycles. The van der Waals surface area contributed by atoms with Crippen molar-refractivity contribution in [3.63, 3.8) is 0 Å². The molecule has 1 aliphatic rings. The number of benzene rings is 1. The Kier molecular flexibility index (Phi) is 4.27. The van der Waals surface area contributed by atoms with Gasteiger partial charge in [0.2, 0.25) is 0 Å². The van der Waals surface area contributed by atoms with E-state index in [0.717, 1.165) is 27.6 Å². The van der Waals surface area contributed by atoms with Gasteiger partial charge in [-0.05, 0) is 53.9 Å². The van der Waals surface area contributed by atoms with Crippen LogP contribution in [0.1, 0.15) is 19.8 Å². The van der Waals surface area contributed by atoms with Crippen LogP contribution in [0.25, 0.3) is 0 Å². The summed E-state index contributed by atoms with van der Waals surface area (Å²) in [4.78, 5) is 0.